The first-order chi connectivity index (χ1) is 8.46. The molecule has 0 aromatic heterocycles. The van der Waals surface area contributed by atoms with Gasteiger partial charge in [0.05, 0.1) is 10.0 Å². The Bertz CT molecular complexity index is 619. The van der Waals surface area contributed by atoms with Gasteiger partial charge in [0, 0.05) is 11.1 Å². The number of hydrogen-bond acceptors (Lipinski definition) is 3. The number of Topliss-reactive ketones (excluding diaryl/α,β-unsaturated/α-hetero) is 1. The van der Waals surface area contributed by atoms with Crippen LogP contribution in [0.25, 0.3) is 0 Å². The average molecular weight is 324 g/mol. The first-order valence-electron chi connectivity index (χ1n) is 5.48. The Morgan fingerprint density at radius 2 is 1.68 bits per heavy atom. The highest BCUT2D eigenvalue weighted by atomic mass is 35.5. The fourth-order valence-electron chi connectivity index (χ4n) is 1.47. The molecule has 19 heavy (non-hydrogen) atoms. The van der Waals surface area contributed by atoms with Crippen LogP contribution in [0.4, 0.5) is 0 Å². The number of carbonyl (C=O) groups excluding carboxylic acids is 1. The van der Waals surface area contributed by atoms with Crippen molar-refractivity contribution in [2.75, 3.05) is 0 Å². The van der Waals surface area contributed by atoms with Crippen molar-refractivity contribution >= 4 is 39.0 Å². The highest BCUT2D eigenvalue weighted by Crippen LogP contribution is 2.32. The fraction of sp³-hybridized carbons (Fsp3) is 0.417. The standard InChI is InChI=1S/C12H15Cl2NO3S/c1-7(16)8-5-6-9(11(14)10(8)13)19(17,18)15-12(2,3)4/h5-6,15H,1-4H3. The Balaban J connectivity index is 3.39. The predicted octanol–water partition coefficient (Wildman–Crippen LogP) is 3.27. The number of rotatable bonds is 3. The Morgan fingerprint density at radius 3 is 2.11 bits per heavy atom. The molecule has 0 radical (unpaired) electrons. The van der Waals surface area contributed by atoms with Crippen LogP contribution in [0, 0.1) is 0 Å². The second-order valence-corrected chi connectivity index (χ2v) is 7.56. The van der Waals surface area contributed by atoms with Gasteiger partial charge in [0.25, 0.3) is 0 Å². The summed E-state index contributed by atoms with van der Waals surface area (Å²) in [6, 6.07) is 2.63. The van der Waals surface area contributed by atoms with Crippen molar-refractivity contribution in [1.82, 2.24) is 4.72 Å². The fourth-order valence-corrected chi connectivity index (χ4v) is 3.79. The summed E-state index contributed by atoms with van der Waals surface area (Å²) in [5.41, 5.74) is -0.449. The number of hydrogen-bond donors (Lipinski definition) is 1. The molecular formula is C12H15Cl2NO3S. The van der Waals surface area contributed by atoms with Gasteiger partial charge in [0.2, 0.25) is 10.0 Å². The minimum absolute atomic E-state index is 0.0500. The number of sulfonamides is 1. The third kappa shape index (κ3) is 3.92. The van der Waals surface area contributed by atoms with E-state index in [0.717, 1.165) is 0 Å². The predicted molar refractivity (Wildman–Crippen MR) is 76.5 cm³/mol. The molecule has 1 aromatic carbocycles. The van der Waals surface area contributed by atoms with Crippen molar-refractivity contribution in [2.24, 2.45) is 0 Å². The molecular weight excluding hydrogens is 309 g/mol. The van der Waals surface area contributed by atoms with Crippen molar-refractivity contribution < 1.29 is 13.2 Å². The maximum Gasteiger partial charge on any atom is 0.242 e. The smallest absolute Gasteiger partial charge is 0.242 e. The molecule has 0 aliphatic heterocycles. The SMILES string of the molecule is CC(=O)c1ccc(S(=O)(=O)NC(C)(C)C)c(Cl)c1Cl. The average Bonchev–Trinajstić information content (AvgIpc) is 2.17. The van der Waals surface area contributed by atoms with E-state index in [4.69, 9.17) is 23.2 Å². The zero-order valence-corrected chi connectivity index (χ0v) is 13.4. The van der Waals surface area contributed by atoms with Crippen LogP contribution in [0.2, 0.25) is 10.0 Å². The van der Waals surface area contributed by atoms with Gasteiger partial charge in [-0.15, -0.1) is 0 Å². The van der Waals surface area contributed by atoms with Gasteiger partial charge in [-0.05, 0) is 39.8 Å². The van der Waals surface area contributed by atoms with Crippen LogP contribution >= 0.6 is 23.2 Å². The normalized spacial score (nSPS) is 12.5. The van der Waals surface area contributed by atoms with E-state index in [1.165, 1.54) is 19.1 Å². The highest BCUT2D eigenvalue weighted by molar-refractivity contribution is 7.89. The molecule has 106 valence electrons. The first kappa shape index (κ1) is 16.4. The summed E-state index contributed by atoms with van der Waals surface area (Å²) < 4.78 is 26.8. The van der Waals surface area contributed by atoms with Crippen molar-refractivity contribution in [3.8, 4) is 0 Å². The maximum absolute atomic E-state index is 12.2. The molecule has 0 saturated heterocycles. The van der Waals surface area contributed by atoms with E-state index in [-0.39, 0.29) is 26.3 Å². The van der Waals surface area contributed by atoms with E-state index in [1.807, 2.05) is 0 Å². The second kappa shape index (κ2) is 5.40. The van der Waals surface area contributed by atoms with Gasteiger partial charge in [-0.2, -0.15) is 0 Å². The van der Waals surface area contributed by atoms with E-state index in [2.05, 4.69) is 4.72 Å². The van der Waals surface area contributed by atoms with Crippen LogP contribution < -0.4 is 4.72 Å². The van der Waals surface area contributed by atoms with Gasteiger partial charge >= 0.3 is 0 Å². The zero-order valence-electron chi connectivity index (χ0n) is 11.0. The van der Waals surface area contributed by atoms with E-state index in [1.54, 1.807) is 20.8 Å². The van der Waals surface area contributed by atoms with Gasteiger partial charge in [-0.3, -0.25) is 4.79 Å². The molecule has 1 N–H and O–H groups in total. The van der Waals surface area contributed by atoms with E-state index < -0.39 is 15.6 Å². The summed E-state index contributed by atoms with van der Waals surface area (Å²) >= 11 is 11.9. The summed E-state index contributed by atoms with van der Waals surface area (Å²) in [6.07, 6.45) is 0. The number of ketones is 1. The number of benzene rings is 1. The lowest BCUT2D eigenvalue weighted by Gasteiger charge is -2.21. The van der Waals surface area contributed by atoms with Gasteiger partial charge in [0.15, 0.2) is 5.78 Å². The quantitative estimate of drug-likeness (QED) is 0.868. The molecule has 7 heteroatoms. The summed E-state index contributed by atoms with van der Waals surface area (Å²) in [5.74, 6) is -0.278. The molecule has 0 bridgehead atoms. The molecule has 0 unspecified atom stereocenters. The summed E-state index contributed by atoms with van der Waals surface area (Å²) in [4.78, 5) is 11.2. The third-order valence-electron chi connectivity index (χ3n) is 2.16. The topological polar surface area (TPSA) is 63.2 Å². The molecule has 1 rings (SSSR count). The summed E-state index contributed by atoms with van der Waals surface area (Å²) in [6.45, 7) is 6.47. The molecule has 0 heterocycles. The lowest BCUT2D eigenvalue weighted by atomic mass is 10.1. The van der Waals surface area contributed by atoms with Crippen LogP contribution in [-0.2, 0) is 10.0 Å². The lowest BCUT2D eigenvalue weighted by molar-refractivity contribution is 0.101. The number of halogens is 2. The van der Waals surface area contributed by atoms with Gasteiger partial charge in [-0.25, -0.2) is 13.1 Å². The number of carbonyl (C=O) groups is 1. The molecule has 0 amide bonds. The second-order valence-electron chi connectivity index (χ2n) is 5.15. The summed E-state index contributed by atoms with van der Waals surface area (Å²) in [5, 5.41) is -0.197. The molecule has 0 spiro atoms. The molecule has 0 saturated carbocycles. The lowest BCUT2D eigenvalue weighted by Crippen LogP contribution is -2.40. The van der Waals surface area contributed by atoms with Crippen LogP contribution in [0.1, 0.15) is 38.1 Å². The Kier molecular flexibility index (Phi) is 4.67. The molecule has 0 atom stereocenters. The van der Waals surface area contributed by atoms with Crippen molar-refractivity contribution in [3.63, 3.8) is 0 Å². The van der Waals surface area contributed by atoms with Crippen LogP contribution in [0.3, 0.4) is 0 Å². The van der Waals surface area contributed by atoms with Gasteiger partial charge in [-0.1, -0.05) is 23.2 Å². The van der Waals surface area contributed by atoms with Crippen molar-refractivity contribution in [1.29, 1.82) is 0 Å². The minimum Gasteiger partial charge on any atom is -0.294 e. The maximum atomic E-state index is 12.2. The number of nitrogens with one attached hydrogen (secondary N) is 1. The summed E-state index contributed by atoms with van der Waals surface area (Å²) in [7, 11) is -3.79. The Labute approximate surface area is 123 Å². The Morgan fingerprint density at radius 1 is 1.16 bits per heavy atom. The highest BCUT2D eigenvalue weighted by Gasteiger charge is 2.26. The van der Waals surface area contributed by atoms with Gasteiger partial charge < -0.3 is 0 Å². The van der Waals surface area contributed by atoms with Crippen LogP contribution in [0.5, 0.6) is 0 Å². The molecule has 0 aliphatic rings. The zero-order chi connectivity index (χ0) is 15.0. The molecule has 0 aliphatic carbocycles. The van der Waals surface area contributed by atoms with Crippen LogP contribution in [0.15, 0.2) is 17.0 Å². The minimum atomic E-state index is -3.79. The Hall–Kier alpha value is -0.620. The monoisotopic (exact) mass is 323 g/mol. The largest absolute Gasteiger partial charge is 0.294 e. The molecule has 1 aromatic rings. The van der Waals surface area contributed by atoms with E-state index >= 15 is 0 Å². The van der Waals surface area contributed by atoms with E-state index in [9.17, 15) is 13.2 Å². The molecule has 0 fully saturated rings. The van der Waals surface area contributed by atoms with Crippen molar-refractivity contribution in [2.45, 2.75) is 38.1 Å². The van der Waals surface area contributed by atoms with Gasteiger partial charge in [0.1, 0.15) is 4.90 Å². The third-order valence-corrected chi connectivity index (χ3v) is 4.95. The molecule has 4 nitrogen and oxygen atoms in total. The van der Waals surface area contributed by atoms with E-state index in [0.29, 0.717) is 0 Å². The van der Waals surface area contributed by atoms with Crippen molar-refractivity contribution in [3.05, 3.63) is 27.7 Å². The van der Waals surface area contributed by atoms with Crippen LogP contribution in [-0.4, -0.2) is 19.7 Å². The first-order valence-corrected chi connectivity index (χ1v) is 7.72.